The lowest BCUT2D eigenvalue weighted by Crippen LogP contribution is -2.37. The molecule has 0 saturated heterocycles. The van der Waals surface area contributed by atoms with Gasteiger partial charge in [-0.2, -0.15) is 0 Å². The summed E-state index contributed by atoms with van der Waals surface area (Å²) in [5, 5.41) is 14.9. The van der Waals surface area contributed by atoms with Gasteiger partial charge < -0.3 is 28.7 Å². The molecule has 0 atom stereocenters. The zero-order valence-electron chi connectivity index (χ0n) is 34.0. The molecule has 0 amide bonds. The normalized spacial score (nSPS) is 11.1. The van der Waals surface area contributed by atoms with Crippen LogP contribution in [0.25, 0.3) is 22.3 Å². The van der Waals surface area contributed by atoms with E-state index in [2.05, 4.69) is 64.4 Å². The molecule has 58 heavy (non-hydrogen) atoms. The van der Waals surface area contributed by atoms with E-state index in [-0.39, 0.29) is 0 Å². The van der Waals surface area contributed by atoms with E-state index in [1.165, 1.54) is 0 Å². The Morgan fingerprint density at radius 1 is 0.328 bits per heavy atom. The lowest BCUT2D eigenvalue weighted by atomic mass is 9.96. The van der Waals surface area contributed by atoms with Crippen LogP contribution in [0.4, 0.5) is 39.8 Å². The molecule has 7 aromatic carbocycles. The third kappa shape index (κ3) is 8.57. The first-order chi connectivity index (χ1) is 28.1. The van der Waals surface area contributed by atoms with Crippen LogP contribution in [-0.4, -0.2) is 34.0 Å². The minimum Gasteiger partial charge on any atom is -0.497 e. The van der Waals surface area contributed by atoms with Crippen molar-refractivity contribution < 1.29 is 24.2 Å². The number of anilines is 7. The number of nitrogens with zero attached hydrogens (tertiary/aromatic N) is 3. The standard InChI is InChI=1S/C50H48N3O5/c1-50(2,3)53(54)45-33-37(35-8-12-39(13-9-35)51(41-16-24-46(55-4)25-17-41)42-18-26-47(56-5)27-19-42)32-38(34-45)36-10-14-40(15-11-36)52(43-20-28-48(57-6)29-21-43)44-22-30-49(58-7)31-23-44/h8-34H,1-7H3. The minimum atomic E-state index is -0.641. The third-order valence-corrected chi connectivity index (χ3v) is 10.0. The quantitative estimate of drug-likeness (QED) is 0.108. The van der Waals surface area contributed by atoms with Crippen LogP contribution < -0.4 is 33.8 Å². The van der Waals surface area contributed by atoms with Crippen molar-refractivity contribution in [2.45, 2.75) is 26.3 Å². The molecule has 0 unspecified atom stereocenters. The summed E-state index contributed by atoms with van der Waals surface area (Å²) in [6.07, 6.45) is 0. The Labute approximate surface area is 341 Å². The van der Waals surface area contributed by atoms with E-state index >= 15 is 0 Å². The second-order valence-electron chi connectivity index (χ2n) is 14.8. The van der Waals surface area contributed by atoms with Crippen molar-refractivity contribution in [1.29, 1.82) is 0 Å². The number of hydroxylamine groups is 1. The van der Waals surface area contributed by atoms with Gasteiger partial charge in [0.15, 0.2) is 0 Å². The van der Waals surface area contributed by atoms with Gasteiger partial charge in [-0.1, -0.05) is 29.5 Å². The highest BCUT2D eigenvalue weighted by molar-refractivity contribution is 5.83. The molecule has 7 rings (SSSR count). The van der Waals surface area contributed by atoms with Gasteiger partial charge in [-0.25, -0.2) is 5.06 Å². The topological polar surface area (TPSA) is 66.5 Å². The van der Waals surface area contributed by atoms with Crippen LogP contribution in [-0.2, 0) is 5.21 Å². The van der Waals surface area contributed by atoms with Crippen molar-refractivity contribution in [3.63, 3.8) is 0 Å². The summed E-state index contributed by atoms with van der Waals surface area (Å²) in [6.45, 7) is 5.78. The minimum absolute atomic E-state index is 0.587. The van der Waals surface area contributed by atoms with E-state index in [0.717, 1.165) is 84.4 Å². The van der Waals surface area contributed by atoms with Crippen molar-refractivity contribution in [2.75, 3.05) is 43.3 Å². The van der Waals surface area contributed by atoms with Crippen molar-refractivity contribution in [3.8, 4) is 45.3 Å². The van der Waals surface area contributed by atoms with Gasteiger partial charge in [0, 0.05) is 34.1 Å². The van der Waals surface area contributed by atoms with Crippen LogP contribution in [0.1, 0.15) is 20.8 Å². The first-order valence-corrected chi connectivity index (χ1v) is 19.1. The molecule has 7 aromatic rings. The number of rotatable bonds is 13. The second kappa shape index (κ2) is 17.1. The van der Waals surface area contributed by atoms with E-state index < -0.39 is 5.54 Å². The first kappa shape index (κ1) is 39.3. The molecule has 0 aliphatic rings. The van der Waals surface area contributed by atoms with Crippen LogP contribution in [0.2, 0.25) is 0 Å². The molecule has 0 saturated carbocycles. The highest BCUT2D eigenvalue weighted by atomic mass is 16.5. The Hall–Kier alpha value is -6.90. The van der Waals surface area contributed by atoms with E-state index in [4.69, 9.17) is 18.9 Å². The van der Waals surface area contributed by atoms with Gasteiger partial charge in [0.2, 0.25) is 0 Å². The summed E-state index contributed by atoms with van der Waals surface area (Å²) < 4.78 is 21.8. The first-order valence-electron chi connectivity index (χ1n) is 19.1. The molecule has 0 aliphatic carbocycles. The molecular weight excluding hydrogens is 723 g/mol. The molecule has 0 aromatic heterocycles. The summed E-state index contributed by atoms with van der Waals surface area (Å²) in [7, 11) is 6.66. The van der Waals surface area contributed by atoms with Gasteiger partial charge in [-0.15, -0.1) is 0 Å². The maximum atomic E-state index is 13.8. The predicted octanol–water partition coefficient (Wildman–Crippen LogP) is 12.9. The van der Waals surface area contributed by atoms with Crippen molar-refractivity contribution >= 4 is 39.8 Å². The smallest absolute Gasteiger partial charge is 0.119 e. The average molecular weight is 771 g/mol. The SMILES string of the molecule is COc1ccc(N(c2ccc(OC)cc2)c2ccc(-c3cc(-c4ccc(N(c5ccc(OC)cc5)c5ccc(OC)cc5)cc4)cc(N([O])C(C)(C)C)c3)cc2)cc1. The lowest BCUT2D eigenvalue weighted by Gasteiger charge is -2.29. The molecule has 0 bridgehead atoms. The van der Waals surface area contributed by atoms with E-state index in [1.807, 2.05) is 130 Å². The van der Waals surface area contributed by atoms with Crippen LogP contribution >= 0.6 is 0 Å². The Morgan fingerprint density at radius 3 is 0.793 bits per heavy atom. The van der Waals surface area contributed by atoms with Gasteiger partial charge >= 0.3 is 0 Å². The highest BCUT2D eigenvalue weighted by Gasteiger charge is 2.23. The van der Waals surface area contributed by atoms with Gasteiger partial charge in [0.1, 0.15) is 23.0 Å². The Kier molecular flexibility index (Phi) is 11.6. The molecule has 8 heteroatoms. The van der Waals surface area contributed by atoms with Crippen LogP contribution in [0.5, 0.6) is 23.0 Å². The Morgan fingerprint density at radius 2 is 0.569 bits per heavy atom. The fraction of sp³-hybridized carbons (Fsp3) is 0.160. The number of benzene rings is 7. The largest absolute Gasteiger partial charge is 0.497 e. The van der Waals surface area contributed by atoms with E-state index in [9.17, 15) is 5.21 Å². The zero-order chi connectivity index (χ0) is 40.8. The number of ether oxygens (including phenoxy) is 4. The fourth-order valence-corrected chi connectivity index (χ4v) is 6.87. The van der Waals surface area contributed by atoms with E-state index in [1.54, 1.807) is 28.4 Å². The van der Waals surface area contributed by atoms with Gasteiger partial charge in [-0.05, 0) is 183 Å². The average Bonchev–Trinajstić information content (AvgIpc) is 3.27. The molecule has 0 spiro atoms. The van der Waals surface area contributed by atoms with Crippen LogP contribution in [0.3, 0.4) is 0 Å². The summed E-state index contributed by atoms with van der Waals surface area (Å²) in [4.78, 5) is 4.37. The summed E-state index contributed by atoms with van der Waals surface area (Å²) >= 11 is 0. The lowest BCUT2D eigenvalue weighted by molar-refractivity contribution is 0.102. The molecule has 8 nitrogen and oxygen atoms in total. The number of hydrogen-bond acceptors (Lipinski definition) is 7. The molecule has 293 valence electrons. The molecule has 0 aliphatic heterocycles. The van der Waals surface area contributed by atoms with Gasteiger partial charge in [-0.3, -0.25) is 0 Å². The summed E-state index contributed by atoms with van der Waals surface area (Å²) in [5.41, 5.74) is 9.68. The number of hydrogen-bond donors (Lipinski definition) is 0. The van der Waals surface area contributed by atoms with Crippen LogP contribution in [0, 0.1) is 0 Å². The fourth-order valence-electron chi connectivity index (χ4n) is 6.87. The Bertz CT molecular complexity index is 2150. The molecule has 1 radical (unpaired) electrons. The summed E-state index contributed by atoms with van der Waals surface area (Å²) in [5.74, 6) is 3.14. The number of methoxy groups -OCH3 is 4. The third-order valence-electron chi connectivity index (χ3n) is 10.0. The van der Waals surface area contributed by atoms with E-state index in [0.29, 0.717) is 5.69 Å². The van der Waals surface area contributed by atoms with Crippen molar-refractivity contribution in [1.82, 2.24) is 0 Å². The highest BCUT2D eigenvalue weighted by Crippen LogP contribution is 2.41. The summed E-state index contributed by atoms with van der Waals surface area (Å²) in [6, 6.07) is 55.0. The maximum absolute atomic E-state index is 13.8. The predicted molar refractivity (Wildman–Crippen MR) is 236 cm³/mol. The van der Waals surface area contributed by atoms with Crippen molar-refractivity contribution in [3.05, 3.63) is 164 Å². The molecule has 0 N–H and O–H groups in total. The van der Waals surface area contributed by atoms with Gasteiger partial charge in [0.25, 0.3) is 0 Å². The zero-order valence-corrected chi connectivity index (χ0v) is 34.0. The molecule has 0 heterocycles. The maximum Gasteiger partial charge on any atom is 0.119 e. The van der Waals surface area contributed by atoms with Crippen molar-refractivity contribution in [2.24, 2.45) is 0 Å². The monoisotopic (exact) mass is 770 g/mol. The second-order valence-corrected chi connectivity index (χ2v) is 14.8. The van der Waals surface area contributed by atoms with Gasteiger partial charge in [0.05, 0.1) is 39.7 Å². The Balaban J connectivity index is 1.26. The molecule has 0 fully saturated rings. The van der Waals surface area contributed by atoms with Crippen LogP contribution in [0.15, 0.2) is 164 Å². The molecular formula is C50H48N3O5.